The Morgan fingerprint density at radius 1 is 1.29 bits per heavy atom. The van der Waals surface area contributed by atoms with E-state index in [-0.39, 0.29) is 5.60 Å². The van der Waals surface area contributed by atoms with Gasteiger partial charge in [-0.15, -0.1) is 0 Å². The fourth-order valence-electron chi connectivity index (χ4n) is 4.08. The van der Waals surface area contributed by atoms with Gasteiger partial charge in [0.15, 0.2) is 0 Å². The zero-order chi connectivity index (χ0) is 14.9. The first-order chi connectivity index (χ1) is 10.1. The van der Waals surface area contributed by atoms with E-state index in [1.54, 1.807) is 0 Å². The van der Waals surface area contributed by atoms with E-state index in [0.29, 0.717) is 6.04 Å². The van der Waals surface area contributed by atoms with Crippen molar-refractivity contribution in [3.8, 4) is 5.75 Å². The zero-order valence-corrected chi connectivity index (χ0v) is 13.7. The van der Waals surface area contributed by atoms with Crippen LogP contribution in [0.4, 0.5) is 0 Å². The monoisotopic (exact) mass is 287 g/mol. The molecule has 1 aromatic carbocycles. The Morgan fingerprint density at radius 3 is 2.95 bits per heavy atom. The molecule has 21 heavy (non-hydrogen) atoms. The Labute approximate surface area is 129 Å². The van der Waals surface area contributed by atoms with Crippen LogP contribution < -0.4 is 10.1 Å². The molecular formula is C19H29NO. The molecule has 0 radical (unpaired) electrons. The van der Waals surface area contributed by atoms with Crippen molar-refractivity contribution in [2.45, 2.75) is 70.9 Å². The van der Waals surface area contributed by atoms with Crippen molar-refractivity contribution in [2.75, 3.05) is 6.54 Å². The summed E-state index contributed by atoms with van der Waals surface area (Å²) in [5.41, 5.74) is 2.75. The van der Waals surface area contributed by atoms with Crippen LogP contribution in [0.3, 0.4) is 0 Å². The third-order valence-corrected chi connectivity index (χ3v) is 5.32. The van der Waals surface area contributed by atoms with E-state index in [9.17, 15) is 0 Å². The van der Waals surface area contributed by atoms with E-state index < -0.39 is 0 Å². The maximum absolute atomic E-state index is 6.58. The van der Waals surface area contributed by atoms with E-state index in [1.165, 1.54) is 43.2 Å². The topological polar surface area (TPSA) is 21.3 Å². The van der Waals surface area contributed by atoms with Gasteiger partial charge in [-0.2, -0.15) is 0 Å². The lowest BCUT2D eigenvalue weighted by atomic mass is 9.81. The molecule has 1 spiro atoms. The van der Waals surface area contributed by atoms with Crippen LogP contribution in [0.2, 0.25) is 0 Å². The molecule has 1 aliphatic heterocycles. The van der Waals surface area contributed by atoms with Gasteiger partial charge in [0.1, 0.15) is 11.4 Å². The summed E-state index contributed by atoms with van der Waals surface area (Å²) in [7, 11) is 0. The predicted octanol–water partition coefficient (Wildman–Crippen LogP) is 4.77. The Bertz CT molecular complexity index is 498. The van der Waals surface area contributed by atoms with Crippen LogP contribution in [0.25, 0.3) is 0 Å². The Kier molecular flexibility index (Phi) is 4.26. The first kappa shape index (κ1) is 14.9. The van der Waals surface area contributed by atoms with Crippen molar-refractivity contribution in [1.82, 2.24) is 5.32 Å². The van der Waals surface area contributed by atoms with Crippen molar-refractivity contribution in [1.29, 1.82) is 0 Å². The number of benzene rings is 1. The number of ether oxygens (including phenoxy) is 1. The molecule has 3 unspecified atom stereocenters. The summed E-state index contributed by atoms with van der Waals surface area (Å²) < 4.78 is 6.58. The molecule has 1 aliphatic carbocycles. The maximum Gasteiger partial charge on any atom is 0.124 e. The second kappa shape index (κ2) is 6.00. The average Bonchev–Trinajstić information content (AvgIpc) is 2.63. The van der Waals surface area contributed by atoms with Crippen LogP contribution in [0.5, 0.6) is 5.75 Å². The molecule has 3 atom stereocenters. The minimum absolute atomic E-state index is 0.0693. The quantitative estimate of drug-likeness (QED) is 0.846. The van der Waals surface area contributed by atoms with Gasteiger partial charge in [-0.1, -0.05) is 38.0 Å². The SMILES string of the molecule is CCNC1CC2(CCCC(C)CC2)Oc2ccc(C)cc21. The van der Waals surface area contributed by atoms with Crippen molar-refractivity contribution < 1.29 is 4.74 Å². The summed E-state index contributed by atoms with van der Waals surface area (Å²) in [5.74, 6) is 1.97. The fourth-order valence-corrected chi connectivity index (χ4v) is 4.08. The molecule has 2 nitrogen and oxygen atoms in total. The molecule has 1 N–H and O–H groups in total. The van der Waals surface area contributed by atoms with E-state index in [2.05, 4.69) is 44.3 Å². The highest BCUT2D eigenvalue weighted by molar-refractivity contribution is 5.41. The fraction of sp³-hybridized carbons (Fsp3) is 0.684. The summed E-state index contributed by atoms with van der Waals surface area (Å²) in [6.45, 7) is 7.78. The van der Waals surface area contributed by atoms with Gasteiger partial charge in [-0.25, -0.2) is 0 Å². The van der Waals surface area contributed by atoms with E-state index in [1.807, 2.05) is 0 Å². The molecule has 1 saturated carbocycles. The number of fused-ring (bicyclic) bond motifs is 1. The highest BCUT2D eigenvalue weighted by Gasteiger charge is 2.41. The maximum atomic E-state index is 6.58. The van der Waals surface area contributed by atoms with Crippen LogP contribution in [0.1, 0.15) is 69.5 Å². The molecule has 2 heteroatoms. The van der Waals surface area contributed by atoms with Gasteiger partial charge in [-0.05, 0) is 51.1 Å². The first-order valence-electron chi connectivity index (χ1n) is 8.65. The minimum atomic E-state index is 0.0693. The van der Waals surface area contributed by atoms with Gasteiger partial charge in [0.05, 0.1) is 0 Å². The number of hydrogen-bond acceptors (Lipinski definition) is 2. The average molecular weight is 287 g/mol. The molecule has 2 aliphatic rings. The Hall–Kier alpha value is -1.02. The Balaban J connectivity index is 1.91. The van der Waals surface area contributed by atoms with Gasteiger partial charge >= 0.3 is 0 Å². The summed E-state index contributed by atoms with van der Waals surface area (Å²) in [5, 5.41) is 3.69. The minimum Gasteiger partial charge on any atom is -0.487 e. The van der Waals surface area contributed by atoms with Crippen molar-refractivity contribution in [3.63, 3.8) is 0 Å². The van der Waals surface area contributed by atoms with Crippen molar-refractivity contribution in [2.24, 2.45) is 5.92 Å². The van der Waals surface area contributed by atoms with Crippen LogP contribution >= 0.6 is 0 Å². The number of rotatable bonds is 2. The zero-order valence-electron chi connectivity index (χ0n) is 13.7. The standard InChI is InChI=1S/C19H29NO/c1-4-20-17-13-19(10-5-6-14(2)9-11-19)21-18-8-7-15(3)12-16(17)18/h7-8,12,14,17,20H,4-6,9-11,13H2,1-3H3. The number of hydrogen-bond donors (Lipinski definition) is 1. The highest BCUT2D eigenvalue weighted by atomic mass is 16.5. The summed E-state index contributed by atoms with van der Waals surface area (Å²) in [4.78, 5) is 0. The van der Waals surface area contributed by atoms with Gasteiger partial charge in [-0.3, -0.25) is 0 Å². The molecule has 0 saturated heterocycles. The molecule has 1 fully saturated rings. The van der Waals surface area contributed by atoms with Gasteiger partial charge < -0.3 is 10.1 Å². The Morgan fingerprint density at radius 2 is 2.14 bits per heavy atom. The highest BCUT2D eigenvalue weighted by Crippen LogP contribution is 2.46. The van der Waals surface area contributed by atoms with Crippen molar-refractivity contribution >= 4 is 0 Å². The lowest BCUT2D eigenvalue weighted by Crippen LogP contribution is -2.44. The van der Waals surface area contributed by atoms with Crippen LogP contribution in [0.15, 0.2) is 18.2 Å². The molecule has 0 aromatic heterocycles. The largest absolute Gasteiger partial charge is 0.487 e. The van der Waals surface area contributed by atoms with E-state index in [0.717, 1.165) is 24.6 Å². The molecule has 1 heterocycles. The van der Waals surface area contributed by atoms with Gasteiger partial charge in [0, 0.05) is 18.0 Å². The van der Waals surface area contributed by atoms with E-state index >= 15 is 0 Å². The summed E-state index contributed by atoms with van der Waals surface area (Å²) in [6.07, 6.45) is 7.53. The van der Waals surface area contributed by atoms with E-state index in [4.69, 9.17) is 4.74 Å². The van der Waals surface area contributed by atoms with Crippen molar-refractivity contribution in [3.05, 3.63) is 29.3 Å². The van der Waals surface area contributed by atoms with Crippen LogP contribution in [-0.4, -0.2) is 12.1 Å². The van der Waals surface area contributed by atoms with Gasteiger partial charge in [0.25, 0.3) is 0 Å². The lowest BCUT2D eigenvalue weighted by Gasteiger charge is -2.42. The summed E-state index contributed by atoms with van der Waals surface area (Å²) in [6, 6.07) is 7.12. The molecule has 0 bridgehead atoms. The lowest BCUT2D eigenvalue weighted by molar-refractivity contribution is 0.0156. The van der Waals surface area contributed by atoms with Crippen LogP contribution in [-0.2, 0) is 0 Å². The second-order valence-electron chi connectivity index (χ2n) is 7.18. The normalized spacial score (nSPS) is 32.3. The molecule has 3 rings (SSSR count). The number of nitrogens with one attached hydrogen (secondary N) is 1. The molecular weight excluding hydrogens is 258 g/mol. The molecule has 1 aromatic rings. The smallest absolute Gasteiger partial charge is 0.124 e. The van der Waals surface area contributed by atoms with Gasteiger partial charge in [0.2, 0.25) is 0 Å². The third-order valence-electron chi connectivity index (χ3n) is 5.32. The molecule has 0 amide bonds. The predicted molar refractivity (Wildman–Crippen MR) is 87.8 cm³/mol. The number of aryl methyl sites for hydroxylation is 1. The second-order valence-corrected chi connectivity index (χ2v) is 7.18. The van der Waals surface area contributed by atoms with Crippen LogP contribution in [0, 0.1) is 12.8 Å². The third kappa shape index (κ3) is 3.11. The first-order valence-corrected chi connectivity index (χ1v) is 8.65. The summed E-state index contributed by atoms with van der Waals surface area (Å²) >= 11 is 0. The molecule has 116 valence electrons.